The molecule has 0 amide bonds. The van der Waals surface area contributed by atoms with Gasteiger partial charge in [0.05, 0.1) is 5.92 Å². The third-order valence-corrected chi connectivity index (χ3v) is 2.40. The molecule has 3 nitrogen and oxygen atoms in total. The number of carboxylic acids is 1. The van der Waals surface area contributed by atoms with Crippen LogP contribution in [-0.4, -0.2) is 17.4 Å². The molecule has 0 bridgehead atoms. The summed E-state index contributed by atoms with van der Waals surface area (Å²) >= 11 is 0. The fraction of sp³-hybridized carbons (Fsp3) is 0.667. The molecule has 1 N–H and O–H groups in total. The zero-order valence-corrected chi connectivity index (χ0v) is 9.48. The maximum atomic E-state index is 9.93. The standard InChI is InChI=1S/C7H12.C5H8O3/c1-7-5-3-2-4-6-7;1-4(2-3-6)5(7)8/h2-3,7H,4-6H2,1H3;3-4H,2H2,1H3,(H,7,8). The van der Waals surface area contributed by atoms with Crippen LogP contribution in [0.3, 0.4) is 0 Å². The summed E-state index contributed by atoms with van der Waals surface area (Å²) in [6.07, 6.45) is 9.29. The Morgan fingerprint density at radius 3 is 2.47 bits per heavy atom. The topological polar surface area (TPSA) is 54.4 Å². The molecule has 1 rings (SSSR count). The number of aldehydes is 1. The highest BCUT2D eigenvalue weighted by molar-refractivity contribution is 5.72. The predicted octanol–water partition coefficient (Wildman–Crippen LogP) is 2.66. The Bertz CT molecular complexity index is 221. The van der Waals surface area contributed by atoms with Crippen molar-refractivity contribution in [2.45, 2.75) is 39.5 Å². The number of aliphatic carboxylic acids is 1. The van der Waals surface area contributed by atoms with Crippen LogP contribution < -0.4 is 0 Å². The van der Waals surface area contributed by atoms with Gasteiger partial charge < -0.3 is 9.90 Å². The lowest BCUT2D eigenvalue weighted by molar-refractivity contribution is -0.142. The van der Waals surface area contributed by atoms with Crippen LogP contribution >= 0.6 is 0 Å². The van der Waals surface area contributed by atoms with Crippen molar-refractivity contribution in [3.63, 3.8) is 0 Å². The maximum Gasteiger partial charge on any atom is 0.306 e. The molecule has 2 unspecified atom stereocenters. The molecule has 0 radical (unpaired) electrons. The van der Waals surface area contributed by atoms with Gasteiger partial charge in [-0.3, -0.25) is 4.79 Å². The lowest BCUT2D eigenvalue weighted by Crippen LogP contribution is -2.09. The second kappa shape index (κ2) is 8.21. The van der Waals surface area contributed by atoms with Gasteiger partial charge in [0.1, 0.15) is 6.29 Å². The Morgan fingerprint density at radius 1 is 1.60 bits per heavy atom. The van der Waals surface area contributed by atoms with Crippen molar-refractivity contribution in [3.8, 4) is 0 Å². The highest BCUT2D eigenvalue weighted by Crippen LogP contribution is 2.15. The highest BCUT2D eigenvalue weighted by Gasteiger charge is 2.07. The zero-order valence-electron chi connectivity index (χ0n) is 9.48. The summed E-state index contributed by atoms with van der Waals surface area (Å²) in [5, 5.41) is 8.15. The van der Waals surface area contributed by atoms with E-state index in [2.05, 4.69) is 19.1 Å². The second-order valence-electron chi connectivity index (χ2n) is 4.03. The normalized spacial score (nSPS) is 21.1. The summed E-state index contributed by atoms with van der Waals surface area (Å²) in [7, 11) is 0. The number of carboxylic acid groups (broad SMARTS) is 1. The Balaban J connectivity index is 0.000000262. The van der Waals surface area contributed by atoms with Gasteiger partial charge in [0.2, 0.25) is 0 Å². The molecule has 0 spiro atoms. The van der Waals surface area contributed by atoms with E-state index in [0.29, 0.717) is 6.29 Å². The zero-order chi connectivity index (χ0) is 11.7. The first-order chi connectivity index (χ1) is 7.07. The number of rotatable bonds is 3. The lowest BCUT2D eigenvalue weighted by atomic mass is 9.97. The first kappa shape index (κ1) is 13.9. The number of allylic oxidation sites excluding steroid dienone is 2. The van der Waals surface area contributed by atoms with Gasteiger partial charge >= 0.3 is 5.97 Å². The highest BCUT2D eigenvalue weighted by atomic mass is 16.4. The average molecular weight is 212 g/mol. The first-order valence-electron chi connectivity index (χ1n) is 5.39. The Labute approximate surface area is 91.2 Å². The molecular formula is C12H20O3. The van der Waals surface area contributed by atoms with Crippen molar-refractivity contribution in [1.29, 1.82) is 0 Å². The molecule has 0 aromatic rings. The van der Waals surface area contributed by atoms with Gasteiger partial charge in [0.25, 0.3) is 0 Å². The largest absolute Gasteiger partial charge is 0.481 e. The fourth-order valence-corrected chi connectivity index (χ4v) is 1.19. The van der Waals surface area contributed by atoms with Gasteiger partial charge in [-0.15, -0.1) is 0 Å². The van der Waals surface area contributed by atoms with Crippen LogP contribution in [0.15, 0.2) is 12.2 Å². The van der Waals surface area contributed by atoms with Crippen LogP contribution in [0.4, 0.5) is 0 Å². The van der Waals surface area contributed by atoms with Crippen LogP contribution in [-0.2, 0) is 9.59 Å². The van der Waals surface area contributed by atoms with Gasteiger partial charge in [-0.05, 0) is 25.2 Å². The molecule has 0 fully saturated rings. The van der Waals surface area contributed by atoms with Crippen molar-refractivity contribution in [1.82, 2.24) is 0 Å². The molecular weight excluding hydrogens is 192 g/mol. The maximum absolute atomic E-state index is 9.93. The van der Waals surface area contributed by atoms with Crippen molar-refractivity contribution in [2.24, 2.45) is 11.8 Å². The second-order valence-corrected chi connectivity index (χ2v) is 4.03. The van der Waals surface area contributed by atoms with E-state index in [9.17, 15) is 9.59 Å². The van der Waals surface area contributed by atoms with E-state index in [4.69, 9.17) is 5.11 Å². The Morgan fingerprint density at radius 2 is 2.27 bits per heavy atom. The minimum Gasteiger partial charge on any atom is -0.481 e. The monoisotopic (exact) mass is 212 g/mol. The van der Waals surface area contributed by atoms with Crippen molar-refractivity contribution in [3.05, 3.63) is 12.2 Å². The number of hydrogen-bond donors (Lipinski definition) is 1. The third kappa shape index (κ3) is 7.91. The molecule has 0 heterocycles. The molecule has 0 aromatic heterocycles. The van der Waals surface area contributed by atoms with Crippen LogP contribution in [0.25, 0.3) is 0 Å². The van der Waals surface area contributed by atoms with Crippen LogP contribution in [0.1, 0.15) is 39.5 Å². The van der Waals surface area contributed by atoms with E-state index >= 15 is 0 Å². The summed E-state index contributed by atoms with van der Waals surface area (Å²) in [6.45, 7) is 3.81. The van der Waals surface area contributed by atoms with E-state index < -0.39 is 11.9 Å². The quantitative estimate of drug-likeness (QED) is 0.578. The smallest absolute Gasteiger partial charge is 0.306 e. The molecule has 0 aromatic carbocycles. The lowest BCUT2D eigenvalue weighted by Gasteiger charge is -2.09. The summed E-state index contributed by atoms with van der Waals surface area (Å²) in [6, 6.07) is 0. The number of hydrogen-bond acceptors (Lipinski definition) is 2. The third-order valence-electron chi connectivity index (χ3n) is 2.40. The minimum absolute atomic E-state index is 0.106. The summed E-state index contributed by atoms with van der Waals surface area (Å²) in [5.74, 6) is -0.505. The SMILES string of the molecule is CC(CC=O)C(=O)O.CC1CC=CCC1. The van der Waals surface area contributed by atoms with Crippen molar-refractivity contribution < 1.29 is 14.7 Å². The van der Waals surface area contributed by atoms with Crippen molar-refractivity contribution in [2.75, 3.05) is 0 Å². The summed E-state index contributed by atoms with van der Waals surface area (Å²) in [4.78, 5) is 19.6. The molecule has 1 aliphatic rings. The van der Waals surface area contributed by atoms with Crippen LogP contribution in [0.2, 0.25) is 0 Å². The molecule has 2 atom stereocenters. The molecule has 86 valence electrons. The van der Waals surface area contributed by atoms with E-state index in [1.807, 2.05) is 0 Å². The average Bonchev–Trinajstić information content (AvgIpc) is 2.20. The van der Waals surface area contributed by atoms with Gasteiger partial charge in [-0.2, -0.15) is 0 Å². The fourth-order valence-electron chi connectivity index (χ4n) is 1.19. The van der Waals surface area contributed by atoms with Crippen molar-refractivity contribution >= 4 is 12.3 Å². The molecule has 0 aliphatic heterocycles. The van der Waals surface area contributed by atoms with Gasteiger partial charge in [0, 0.05) is 6.42 Å². The van der Waals surface area contributed by atoms with Gasteiger partial charge in [-0.1, -0.05) is 26.0 Å². The summed E-state index contributed by atoms with van der Waals surface area (Å²) in [5.41, 5.74) is 0. The van der Waals surface area contributed by atoms with E-state index in [1.165, 1.54) is 26.2 Å². The van der Waals surface area contributed by atoms with Crippen LogP contribution in [0, 0.1) is 11.8 Å². The molecule has 3 heteroatoms. The van der Waals surface area contributed by atoms with Crippen LogP contribution in [0.5, 0.6) is 0 Å². The molecule has 0 saturated heterocycles. The summed E-state index contributed by atoms with van der Waals surface area (Å²) < 4.78 is 0. The Kier molecular flexibility index (Phi) is 7.60. The number of carbonyl (C=O) groups is 2. The Hall–Kier alpha value is -1.12. The molecule has 0 saturated carbocycles. The number of carbonyl (C=O) groups excluding carboxylic acids is 1. The molecule has 15 heavy (non-hydrogen) atoms. The van der Waals surface area contributed by atoms with E-state index in [0.717, 1.165) is 5.92 Å². The van der Waals surface area contributed by atoms with E-state index in [-0.39, 0.29) is 6.42 Å². The van der Waals surface area contributed by atoms with E-state index in [1.54, 1.807) is 0 Å². The van der Waals surface area contributed by atoms with Gasteiger partial charge in [-0.25, -0.2) is 0 Å². The minimum atomic E-state index is -0.919. The predicted molar refractivity (Wildman–Crippen MR) is 59.6 cm³/mol. The van der Waals surface area contributed by atoms with Gasteiger partial charge in [0.15, 0.2) is 0 Å². The molecule has 1 aliphatic carbocycles. The first-order valence-corrected chi connectivity index (χ1v) is 5.39.